The predicted molar refractivity (Wildman–Crippen MR) is 115 cm³/mol. The number of aliphatic imine (C=N–C) groups is 1. The third-order valence-corrected chi connectivity index (χ3v) is 6.82. The zero-order valence-electron chi connectivity index (χ0n) is 16.5. The van der Waals surface area contributed by atoms with E-state index in [-0.39, 0.29) is 6.54 Å². The Balaban J connectivity index is 1.82. The number of methoxy groups -OCH3 is 1. The molecule has 0 aliphatic carbocycles. The normalized spacial score (nSPS) is 12.0. The monoisotopic (exact) mass is 424 g/mol. The highest BCUT2D eigenvalue weighted by Gasteiger charge is 2.13. The first-order valence-electron chi connectivity index (χ1n) is 9.15. The van der Waals surface area contributed by atoms with Crippen LogP contribution in [0.1, 0.15) is 18.1 Å². The van der Waals surface area contributed by atoms with Crippen LogP contribution >= 0.6 is 11.3 Å². The third-order valence-electron chi connectivity index (χ3n) is 3.96. The molecule has 28 heavy (non-hydrogen) atoms. The van der Waals surface area contributed by atoms with E-state index in [0.29, 0.717) is 23.3 Å². The van der Waals surface area contributed by atoms with Gasteiger partial charge in [0.05, 0.1) is 13.7 Å². The molecule has 154 valence electrons. The molecule has 0 radical (unpaired) electrons. The molecule has 0 spiro atoms. The van der Waals surface area contributed by atoms with Crippen LogP contribution in [0.3, 0.4) is 0 Å². The van der Waals surface area contributed by atoms with Crippen molar-refractivity contribution in [3.8, 4) is 5.75 Å². The van der Waals surface area contributed by atoms with Gasteiger partial charge < -0.3 is 15.4 Å². The number of sulfonamides is 1. The smallest absolute Gasteiger partial charge is 0.250 e. The molecule has 1 aromatic carbocycles. The molecule has 0 atom stereocenters. The number of hydrogen-bond acceptors (Lipinski definition) is 5. The Morgan fingerprint density at radius 2 is 2.04 bits per heavy atom. The van der Waals surface area contributed by atoms with E-state index in [2.05, 4.69) is 26.4 Å². The van der Waals surface area contributed by atoms with E-state index in [1.807, 2.05) is 26.0 Å². The van der Waals surface area contributed by atoms with E-state index in [4.69, 9.17) is 4.74 Å². The summed E-state index contributed by atoms with van der Waals surface area (Å²) in [6, 6.07) is 9.48. The zero-order valence-corrected chi connectivity index (χ0v) is 18.1. The van der Waals surface area contributed by atoms with Crippen LogP contribution in [0.15, 0.2) is 44.9 Å². The van der Waals surface area contributed by atoms with Crippen molar-refractivity contribution in [1.82, 2.24) is 15.4 Å². The van der Waals surface area contributed by atoms with Gasteiger partial charge in [0, 0.05) is 19.6 Å². The second-order valence-electron chi connectivity index (χ2n) is 6.07. The molecule has 0 bridgehead atoms. The lowest BCUT2D eigenvalue weighted by Gasteiger charge is -2.12. The topological polar surface area (TPSA) is 91.8 Å². The fraction of sp³-hybridized carbons (Fsp3) is 0.421. The maximum Gasteiger partial charge on any atom is 0.250 e. The van der Waals surface area contributed by atoms with E-state index in [1.54, 1.807) is 24.6 Å². The molecule has 2 rings (SSSR count). The Labute approximate surface area is 171 Å². The van der Waals surface area contributed by atoms with Crippen LogP contribution in [-0.4, -0.2) is 47.7 Å². The van der Waals surface area contributed by atoms with Crippen LogP contribution in [0.2, 0.25) is 0 Å². The molecular formula is C19H28N4O3S2. The molecule has 0 aliphatic rings. The Morgan fingerprint density at radius 1 is 1.21 bits per heavy atom. The van der Waals surface area contributed by atoms with Crippen molar-refractivity contribution in [2.45, 2.75) is 24.5 Å². The van der Waals surface area contributed by atoms with E-state index >= 15 is 0 Å². The van der Waals surface area contributed by atoms with Crippen LogP contribution in [0.4, 0.5) is 0 Å². The Hall–Kier alpha value is -2.10. The van der Waals surface area contributed by atoms with Crippen molar-refractivity contribution in [1.29, 1.82) is 0 Å². The van der Waals surface area contributed by atoms with Crippen LogP contribution in [-0.2, 0) is 16.4 Å². The number of guanidine groups is 1. The fourth-order valence-electron chi connectivity index (χ4n) is 2.52. The highest BCUT2D eigenvalue weighted by Crippen LogP contribution is 2.19. The van der Waals surface area contributed by atoms with Crippen molar-refractivity contribution >= 4 is 27.3 Å². The quantitative estimate of drug-likeness (QED) is 0.309. The van der Waals surface area contributed by atoms with E-state index in [1.165, 1.54) is 16.9 Å². The van der Waals surface area contributed by atoms with Crippen LogP contribution in [0.5, 0.6) is 5.75 Å². The SMILES string of the molecule is CCNC(=NCCNS(=O)(=O)c1cccs1)NCCc1ccc(C)c(OC)c1. The first-order chi connectivity index (χ1) is 13.5. The van der Waals surface area contributed by atoms with Crippen molar-refractivity contribution in [3.05, 3.63) is 46.8 Å². The van der Waals surface area contributed by atoms with Gasteiger partial charge in [-0.1, -0.05) is 18.2 Å². The minimum absolute atomic E-state index is 0.242. The summed E-state index contributed by atoms with van der Waals surface area (Å²) in [6.45, 7) is 6.03. The van der Waals surface area contributed by atoms with Gasteiger partial charge in [-0.25, -0.2) is 13.1 Å². The molecule has 2 aromatic rings. The number of benzene rings is 1. The number of nitrogens with zero attached hydrogens (tertiary/aromatic N) is 1. The van der Waals surface area contributed by atoms with Gasteiger partial charge in [0.25, 0.3) is 0 Å². The molecule has 0 unspecified atom stereocenters. The molecule has 0 fully saturated rings. The second kappa shape index (κ2) is 11.0. The predicted octanol–water partition coefficient (Wildman–Crippen LogP) is 2.14. The van der Waals surface area contributed by atoms with Gasteiger partial charge in [0.15, 0.2) is 5.96 Å². The zero-order chi connectivity index (χ0) is 20.4. The maximum absolute atomic E-state index is 12.1. The maximum atomic E-state index is 12.1. The van der Waals surface area contributed by atoms with Crippen molar-refractivity contribution in [2.24, 2.45) is 4.99 Å². The summed E-state index contributed by atoms with van der Waals surface area (Å²) in [5.74, 6) is 1.55. The van der Waals surface area contributed by atoms with Gasteiger partial charge in [-0.15, -0.1) is 11.3 Å². The number of rotatable bonds is 10. The van der Waals surface area contributed by atoms with Crippen LogP contribution in [0.25, 0.3) is 0 Å². The largest absolute Gasteiger partial charge is 0.496 e. The summed E-state index contributed by atoms with van der Waals surface area (Å²) in [5.41, 5.74) is 2.29. The molecule has 0 aliphatic heterocycles. The highest BCUT2D eigenvalue weighted by molar-refractivity contribution is 7.91. The summed E-state index contributed by atoms with van der Waals surface area (Å²) in [4.78, 5) is 4.42. The Morgan fingerprint density at radius 3 is 2.71 bits per heavy atom. The molecular weight excluding hydrogens is 396 g/mol. The molecule has 1 heterocycles. The number of ether oxygens (including phenoxy) is 1. The lowest BCUT2D eigenvalue weighted by molar-refractivity contribution is 0.411. The fourth-order valence-corrected chi connectivity index (χ4v) is 4.58. The number of nitrogens with one attached hydrogen (secondary N) is 3. The molecule has 7 nitrogen and oxygen atoms in total. The number of hydrogen-bond donors (Lipinski definition) is 3. The molecule has 9 heteroatoms. The van der Waals surface area contributed by atoms with Crippen molar-refractivity contribution in [3.63, 3.8) is 0 Å². The molecule has 0 saturated heterocycles. The summed E-state index contributed by atoms with van der Waals surface area (Å²) in [5, 5.41) is 8.17. The average Bonchev–Trinajstić information content (AvgIpc) is 3.22. The van der Waals surface area contributed by atoms with Gasteiger partial charge in [-0.2, -0.15) is 0 Å². The van der Waals surface area contributed by atoms with Gasteiger partial charge in [-0.3, -0.25) is 4.99 Å². The van der Waals surface area contributed by atoms with Crippen molar-refractivity contribution in [2.75, 3.05) is 33.3 Å². The number of aryl methyl sites for hydroxylation is 1. The highest BCUT2D eigenvalue weighted by atomic mass is 32.2. The standard InChI is InChI=1S/C19H28N4O3S2/c1-4-20-19(21-10-9-16-8-7-15(2)17(14-16)26-3)22-11-12-23-28(24,25)18-6-5-13-27-18/h5-8,13-14,23H,4,9-12H2,1-3H3,(H2,20,21,22). The van der Waals surface area contributed by atoms with Crippen molar-refractivity contribution < 1.29 is 13.2 Å². The third kappa shape index (κ3) is 6.81. The molecule has 1 aromatic heterocycles. The summed E-state index contributed by atoms with van der Waals surface area (Å²) in [7, 11) is -1.77. The van der Waals surface area contributed by atoms with Gasteiger partial charge >= 0.3 is 0 Å². The second-order valence-corrected chi connectivity index (χ2v) is 9.01. The van der Waals surface area contributed by atoms with Gasteiger partial charge in [0.2, 0.25) is 10.0 Å². The Bertz CT molecular complexity index is 865. The average molecular weight is 425 g/mol. The first kappa shape index (κ1) is 22.2. The molecule has 0 amide bonds. The number of thiophene rings is 1. The van der Waals surface area contributed by atoms with Crippen LogP contribution in [0, 0.1) is 6.92 Å². The minimum atomic E-state index is -3.44. The van der Waals surface area contributed by atoms with Gasteiger partial charge in [-0.05, 0) is 48.9 Å². The van der Waals surface area contributed by atoms with E-state index in [0.717, 1.165) is 24.3 Å². The lowest BCUT2D eigenvalue weighted by atomic mass is 10.1. The molecule has 0 saturated carbocycles. The van der Waals surface area contributed by atoms with E-state index < -0.39 is 10.0 Å². The van der Waals surface area contributed by atoms with E-state index in [9.17, 15) is 8.42 Å². The van der Waals surface area contributed by atoms with Crippen LogP contribution < -0.4 is 20.1 Å². The molecule has 3 N–H and O–H groups in total. The minimum Gasteiger partial charge on any atom is -0.496 e. The summed E-state index contributed by atoms with van der Waals surface area (Å²) >= 11 is 1.19. The summed E-state index contributed by atoms with van der Waals surface area (Å²) < 4.78 is 32.4. The first-order valence-corrected chi connectivity index (χ1v) is 11.5. The Kier molecular flexibility index (Phi) is 8.75. The summed E-state index contributed by atoms with van der Waals surface area (Å²) in [6.07, 6.45) is 0.825. The lowest BCUT2D eigenvalue weighted by Crippen LogP contribution is -2.39. The van der Waals surface area contributed by atoms with Gasteiger partial charge in [0.1, 0.15) is 9.96 Å².